The highest BCUT2D eigenvalue weighted by Crippen LogP contribution is 2.31. The van der Waals surface area contributed by atoms with Crippen LogP contribution in [0, 0.1) is 11.3 Å². The third-order valence-corrected chi connectivity index (χ3v) is 7.74. The van der Waals surface area contributed by atoms with Gasteiger partial charge in [-0.2, -0.15) is 5.26 Å². The van der Waals surface area contributed by atoms with Gasteiger partial charge in [-0.1, -0.05) is 26.7 Å². The Bertz CT molecular complexity index is 1290. The van der Waals surface area contributed by atoms with Gasteiger partial charge in [-0.15, -0.1) is 20.5 Å². The standard InChI is InChI=1S/C22H29N7O6S2/c1-3-5-11-24-36(32,33)16-7-9-20(30)18(13-16)26-28-22(15-23)29-27-19-14-17(8-10-21(19)31)37(34,35)25-12-6-4-2/h7-10,13-14,22,24-25,30-31H,3-6,11-12H2,1-2H3. The molecule has 13 nitrogen and oxygen atoms in total. The van der Waals surface area contributed by atoms with Crippen LogP contribution in [0.4, 0.5) is 11.4 Å². The largest absolute Gasteiger partial charge is 0.506 e. The van der Waals surface area contributed by atoms with E-state index in [0.29, 0.717) is 12.8 Å². The monoisotopic (exact) mass is 551 g/mol. The van der Waals surface area contributed by atoms with Crippen LogP contribution in [0.1, 0.15) is 39.5 Å². The van der Waals surface area contributed by atoms with Crippen LogP contribution in [-0.4, -0.2) is 46.3 Å². The molecule has 0 aromatic heterocycles. The van der Waals surface area contributed by atoms with E-state index < -0.39 is 26.2 Å². The maximum absolute atomic E-state index is 12.4. The van der Waals surface area contributed by atoms with Crippen molar-refractivity contribution in [1.82, 2.24) is 9.44 Å². The molecule has 0 atom stereocenters. The zero-order valence-electron chi connectivity index (χ0n) is 20.4. The predicted octanol–water partition coefficient (Wildman–Crippen LogP) is 3.97. The quantitative estimate of drug-likeness (QED) is 0.200. The maximum atomic E-state index is 12.4. The van der Waals surface area contributed by atoms with Crippen molar-refractivity contribution in [3.63, 3.8) is 0 Å². The molecule has 2 rings (SSSR count). The van der Waals surface area contributed by atoms with Crippen molar-refractivity contribution in [1.29, 1.82) is 5.26 Å². The van der Waals surface area contributed by atoms with Gasteiger partial charge in [-0.05, 0) is 49.2 Å². The summed E-state index contributed by atoms with van der Waals surface area (Å²) in [6, 6.07) is 8.53. The van der Waals surface area contributed by atoms with Crippen LogP contribution < -0.4 is 9.44 Å². The maximum Gasteiger partial charge on any atom is 0.266 e. The second-order valence-corrected chi connectivity index (χ2v) is 11.3. The minimum atomic E-state index is -3.84. The van der Waals surface area contributed by atoms with Gasteiger partial charge in [0.25, 0.3) is 6.17 Å². The van der Waals surface area contributed by atoms with E-state index in [1.807, 2.05) is 13.8 Å². The summed E-state index contributed by atoms with van der Waals surface area (Å²) >= 11 is 0. The molecule has 0 heterocycles. The average molecular weight is 552 g/mol. The molecule has 0 saturated heterocycles. The third-order valence-electron chi connectivity index (χ3n) is 4.82. The van der Waals surface area contributed by atoms with Crippen molar-refractivity contribution in [2.45, 2.75) is 55.5 Å². The second kappa shape index (κ2) is 13.7. The number of nitrogens with zero attached hydrogens (tertiary/aromatic N) is 5. The molecule has 0 aliphatic rings. The molecule has 15 heteroatoms. The number of benzene rings is 2. The summed E-state index contributed by atoms with van der Waals surface area (Å²) in [5, 5.41) is 44.1. The number of nitrogens with one attached hydrogen (secondary N) is 2. The zero-order valence-corrected chi connectivity index (χ0v) is 22.0. The van der Waals surface area contributed by atoms with Gasteiger partial charge in [-0.25, -0.2) is 26.3 Å². The van der Waals surface area contributed by atoms with Crippen LogP contribution >= 0.6 is 0 Å². The number of sulfonamides is 2. The molecular weight excluding hydrogens is 522 g/mol. The first kappa shape index (κ1) is 29.8. The van der Waals surface area contributed by atoms with Crippen molar-refractivity contribution in [3.05, 3.63) is 36.4 Å². The Labute approximate surface area is 216 Å². The van der Waals surface area contributed by atoms with Crippen LogP contribution in [0.15, 0.2) is 66.6 Å². The molecule has 0 radical (unpaired) electrons. The number of phenolic OH excluding ortho intramolecular Hbond substituents is 2. The summed E-state index contributed by atoms with van der Waals surface area (Å²) in [5.74, 6) is -0.757. The first-order valence-corrected chi connectivity index (χ1v) is 14.4. The first-order chi connectivity index (χ1) is 17.5. The molecule has 2 aromatic rings. The minimum absolute atomic E-state index is 0.152. The number of hydrogen-bond acceptors (Lipinski definition) is 11. The molecular formula is C22H29N7O6S2. The highest BCUT2D eigenvalue weighted by Gasteiger charge is 2.17. The van der Waals surface area contributed by atoms with Gasteiger partial charge in [0.15, 0.2) is 0 Å². The lowest BCUT2D eigenvalue weighted by atomic mass is 10.3. The van der Waals surface area contributed by atoms with E-state index in [9.17, 15) is 32.3 Å². The SMILES string of the molecule is CCCCNS(=O)(=O)c1ccc(O)c(N=NC(C#N)N=Nc2cc(S(=O)(=O)NCCCC)ccc2O)c1. The molecule has 0 aliphatic carbocycles. The van der Waals surface area contributed by atoms with E-state index in [1.54, 1.807) is 6.07 Å². The average Bonchev–Trinajstić information content (AvgIpc) is 2.86. The Morgan fingerprint density at radius 3 is 1.57 bits per heavy atom. The minimum Gasteiger partial charge on any atom is -0.506 e. The number of aromatic hydroxyl groups is 2. The van der Waals surface area contributed by atoms with E-state index >= 15 is 0 Å². The van der Waals surface area contributed by atoms with Crippen LogP contribution in [0.2, 0.25) is 0 Å². The van der Waals surface area contributed by atoms with Crippen LogP contribution in [0.3, 0.4) is 0 Å². The number of hydrogen-bond donors (Lipinski definition) is 4. The summed E-state index contributed by atoms with van der Waals surface area (Å²) < 4.78 is 54.5. The molecule has 37 heavy (non-hydrogen) atoms. The Morgan fingerprint density at radius 1 is 0.811 bits per heavy atom. The molecule has 200 valence electrons. The highest BCUT2D eigenvalue weighted by atomic mass is 32.2. The van der Waals surface area contributed by atoms with E-state index in [1.165, 1.54) is 12.1 Å². The number of azo groups is 2. The summed E-state index contributed by atoms with van der Waals surface area (Å²) in [4.78, 5) is -0.304. The van der Waals surface area contributed by atoms with Crippen molar-refractivity contribution in [3.8, 4) is 17.6 Å². The third kappa shape index (κ3) is 8.86. The van der Waals surface area contributed by atoms with Gasteiger partial charge >= 0.3 is 0 Å². The topological polar surface area (TPSA) is 206 Å². The number of rotatable bonds is 14. The highest BCUT2D eigenvalue weighted by molar-refractivity contribution is 7.89. The van der Waals surface area contributed by atoms with Gasteiger partial charge in [-0.3, -0.25) is 0 Å². The normalized spacial score (nSPS) is 13.2. The summed E-state index contributed by atoms with van der Waals surface area (Å²) in [7, 11) is -7.69. The molecule has 4 N–H and O–H groups in total. The Balaban J connectivity index is 2.24. The lowest BCUT2D eigenvalue weighted by Gasteiger charge is -2.07. The Kier molecular flexibility index (Phi) is 11.1. The lowest BCUT2D eigenvalue weighted by Crippen LogP contribution is -2.24. The second-order valence-electron chi connectivity index (χ2n) is 7.74. The van der Waals surface area contributed by atoms with Crippen molar-refractivity contribution < 1.29 is 27.0 Å². The van der Waals surface area contributed by atoms with Crippen LogP contribution in [-0.2, 0) is 20.0 Å². The predicted molar refractivity (Wildman–Crippen MR) is 135 cm³/mol. The Hall–Kier alpha value is -3.45. The summed E-state index contributed by atoms with van der Waals surface area (Å²) in [6.07, 6.45) is 1.37. The fraction of sp³-hybridized carbons (Fsp3) is 0.409. The van der Waals surface area contributed by atoms with E-state index in [-0.39, 0.29) is 45.8 Å². The number of unbranched alkanes of at least 4 members (excludes halogenated alkanes) is 2. The van der Waals surface area contributed by atoms with E-state index in [4.69, 9.17) is 0 Å². The molecule has 0 aliphatic heterocycles. The van der Waals surface area contributed by atoms with Gasteiger partial charge in [0.1, 0.15) is 28.9 Å². The molecule has 2 aromatic carbocycles. The lowest BCUT2D eigenvalue weighted by molar-refractivity contribution is 0.475. The van der Waals surface area contributed by atoms with E-state index in [2.05, 4.69) is 29.9 Å². The van der Waals surface area contributed by atoms with Gasteiger partial charge in [0.2, 0.25) is 20.0 Å². The molecule has 0 fully saturated rings. The summed E-state index contributed by atoms with van der Waals surface area (Å²) in [6.45, 7) is 4.33. The number of phenols is 2. The first-order valence-electron chi connectivity index (χ1n) is 11.4. The van der Waals surface area contributed by atoms with Crippen LogP contribution in [0.5, 0.6) is 11.5 Å². The smallest absolute Gasteiger partial charge is 0.266 e. The van der Waals surface area contributed by atoms with Crippen molar-refractivity contribution in [2.75, 3.05) is 13.1 Å². The van der Waals surface area contributed by atoms with Gasteiger partial charge < -0.3 is 10.2 Å². The molecule has 0 saturated carbocycles. The van der Waals surface area contributed by atoms with Crippen molar-refractivity contribution >= 4 is 31.4 Å². The Morgan fingerprint density at radius 2 is 1.22 bits per heavy atom. The van der Waals surface area contributed by atoms with Crippen LogP contribution in [0.25, 0.3) is 0 Å². The molecule has 0 unspecified atom stereocenters. The molecule has 0 bridgehead atoms. The van der Waals surface area contributed by atoms with Gasteiger partial charge in [0, 0.05) is 13.1 Å². The fourth-order valence-electron chi connectivity index (χ4n) is 2.74. The molecule has 0 spiro atoms. The fourth-order valence-corrected chi connectivity index (χ4v) is 4.93. The van der Waals surface area contributed by atoms with Crippen molar-refractivity contribution in [2.24, 2.45) is 20.5 Å². The molecule has 0 amide bonds. The van der Waals surface area contributed by atoms with Gasteiger partial charge in [0.05, 0.1) is 9.79 Å². The zero-order chi connectivity index (χ0) is 27.5. The van der Waals surface area contributed by atoms with E-state index in [0.717, 1.165) is 37.1 Å². The number of nitriles is 1. The summed E-state index contributed by atoms with van der Waals surface area (Å²) in [5.41, 5.74) is -0.439.